The first-order valence-corrected chi connectivity index (χ1v) is 8.90. The van der Waals surface area contributed by atoms with Crippen LogP contribution in [0.3, 0.4) is 0 Å². The molecule has 4 aromatic rings. The molecule has 0 spiro atoms. The van der Waals surface area contributed by atoms with Crippen LogP contribution in [0.2, 0.25) is 0 Å². The van der Waals surface area contributed by atoms with Gasteiger partial charge in [-0.05, 0) is 28.8 Å². The van der Waals surface area contributed by atoms with E-state index >= 15 is 0 Å². The quantitative estimate of drug-likeness (QED) is 0.475. The zero-order valence-corrected chi connectivity index (χ0v) is 14.9. The summed E-state index contributed by atoms with van der Waals surface area (Å²) in [6.07, 6.45) is 5.58. The summed E-state index contributed by atoms with van der Waals surface area (Å²) in [5, 5.41) is 2.48. The molecular weight excluding hydrogens is 320 g/mol. The SMILES string of the molecule is Cc1ccc(COC(Cn2ccnc2)c2cccc3ccccc23)cc1. The number of benzene rings is 3. The van der Waals surface area contributed by atoms with Crippen molar-refractivity contribution in [2.24, 2.45) is 0 Å². The van der Waals surface area contributed by atoms with Gasteiger partial charge >= 0.3 is 0 Å². The molecule has 0 saturated carbocycles. The Morgan fingerprint density at radius 3 is 2.58 bits per heavy atom. The second-order valence-electron chi connectivity index (χ2n) is 6.61. The number of aryl methyl sites for hydroxylation is 1. The summed E-state index contributed by atoms with van der Waals surface area (Å²) in [7, 11) is 0. The number of rotatable bonds is 6. The van der Waals surface area contributed by atoms with Gasteiger partial charge in [0.15, 0.2) is 0 Å². The zero-order chi connectivity index (χ0) is 17.8. The van der Waals surface area contributed by atoms with E-state index in [4.69, 9.17) is 4.74 Å². The van der Waals surface area contributed by atoms with Crippen molar-refractivity contribution in [3.63, 3.8) is 0 Å². The van der Waals surface area contributed by atoms with E-state index in [0.29, 0.717) is 6.61 Å². The van der Waals surface area contributed by atoms with E-state index in [0.717, 1.165) is 6.54 Å². The van der Waals surface area contributed by atoms with E-state index in [2.05, 4.69) is 83.2 Å². The van der Waals surface area contributed by atoms with Crippen molar-refractivity contribution in [1.82, 2.24) is 9.55 Å². The minimum atomic E-state index is -0.0448. The zero-order valence-electron chi connectivity index (χ0n) is 14.9. The van der Waals surface area contributed by atoms with Gasteiger partial charge in [-0.15, -0.1) is 0 Å². The fourth-order valence-corrected chi connectivity index (χ4v) is 3.24. The highest BCUT2D eigenvalue weighted by Gasteiger charge is 2.16. The maximum absolute atomic E-state index is 6.39. The standard InChI is InChI=1S/C23H22N2O/c1-18-9-11-19(12-10-18)16-26-23(15-25-14-13-24-17-25)22-8-4-6-20-5-2-3-7-21(20)22/h2-14,17,23H,15-16H2,1H3. The van der Waals surface area contributed by atoms with Crippen LogP contribution in [0.4, 0.5) is 0 Å². The summed E-state index contributed by atoms with van der Waals surface area (Å²) in [6, 6.07) is 23.4. The molecule has 130 valence electrons. The molecule has 0 N–H and O–H groups in total. The minimum absolute atomic E-state index is 0.0448. The van der Waals surface area contributed by atoms with E-state index in [9.17, 15) is 0 Å². The topological polar surface area (TPSA) is 27.1 Å². The first-order valence-electron chi connectivity index (χ1n) is 8.90. The third-order valence-electron chi connectivity index (χ3n) is 4.68. The van der Waals surface area contributed by atoms with Crippen LogP contribution in [0.1, 0.15) is 22.8 Å². The van der Waals surface area contributed by atoms with Crippen molar-refractivity contribution < 1.29 is 4.74 Å². The van der Waals surface area contributed by atoms with E-state index in [-0.39, 0.29) is 6.10 Å². The number of imidazole rings is 1. The summed E-state index contributed by atoms with van der Waals surface area (Å²) in [4.78, 5) is 4.17. The lowest BCUT2D eigenvalue weighted by molar-refractivity contribution is 0.0289. The normalized spacial score (nSPS) is 12.3. The van der Waals surface area contributed by atoms with Gasteiger partial charge in [-0.1, -0.05) is 72.3 Å². The molecule has 4 rings (SSSR count). The second-order valence-corrected chi connectivity index (χ2v) is 6.61. The molecule has 3 nitrogen and oxygen atoms in total. The Kier molecular flexibility index (Phi) is 4.80. The van der Waals surface area contributed by atoms with Crippen molar-refractivity contribution >= 4 is 10.8 Å². The number of hydrogen-bond donors (Lipinski definition) is 0. The Bertz CT molecular complexity index is 969. The number of fused-ring (bicyclic) bond motifs is 1. The molecule has 0 aliphatic carbocycles. The molecule has 0 aliphatic heterocycles. The Balaban J connectivity index is 1.64. The molecule has 0 bridgehead atoms. The fourth-order valence-electron chi connectivity index (χ4n) is 3.24. The van der Waals surface area contributed by atoms with Gasteiger partial charge in [-0.3, -0.25) is 0 Å². The Hall–Kier alpha value is -2.91. The van der Waals surface area contributed by atoms with Gasteiger partial charge in [0.25, 0.3) is 0 Å². The van der Waals surface area contributed by atoms with Crippen LogP contribution in [-0.4, -0.2) is 9.55 Å². The molecular formula is C23H22N2O. The predicted octanol–water partition coefficient (Wildman–Crippen LogP) is 5.30. The molecule has 0 amide bonds. The number of hydrogen-bond acceptors (Lipinski definition) is 2. The summed E-state index contributed by atoms with van der Waals surface area (Å²) in [5.74, 6) is 0. The van der Waals surface area contributed by atoms with Crippen LogP contribution in [0.15, 0.2) is 85.5 Å². The molecule has 0 saturated heterocycles. The Morgan fingerprint density at radius 2 is 1.77 bits per heavy atom. The molecule has 3 aromatic carbocycles. The van der Waals surface area contributed by atoms with Gasteiger partial charge in [0.2, 0.25) is 0 Å². The Labute approximate surface area is 153 Å². The molecule has 0 fully saturated rings. The monoisotopic (exact) mass is 342 g/mol. The second kappa shape index (κ2) is 7.54. The number of aromatic nitrogens is 2. The van der Waals surface area contributed by atoms with E-state index in [1.807, 2.05) is 12.5 Å². The third-order valence-corrected chi connectivity index (χ3v) is 4.68. The lowest BCUT2D eigenvalue weighted by atomic mass is 10.00. The van der Waals surface area contributed by atoms with Gasteiger partial charge in [0.05, 0.1) is 19.5 Å². The van der Waals surface area contributed by atoms with Gasteiger partial charge in [-0.2, -0.15) is 0 Å². The maximum atomic E-state index is 6.39. The summed E-state index contributed by atoms with van der Waals surface area (Å²) in [6.45, 7) is 3.42. The van der Waals surface area contributed by atoms with E-state index in [1.165, 1.54) is 27.5 Å². The molecule has 1 aromatic heterocycles. The van der Waals surface area contributed by atoms with Crippen LogP contribution >= 0.6 is 0 Å². The van der Waals surface area contributed by atoms with Gasteiger partial charge in [0, 0.05) is 12.4 Å². The summed E-state index contributed by atoms with van der Waals surface area (Å²) in [5.41, 5.74) is 3.66. The maximum Gasteiger partial charge on any atom is 0.101 e. The highest BCUT2D eigenvalue weighted by Crippen LogP contribution is 2.29. The molecule has 1 unspecified atom stereocenters. The average molecular weight is 342 g/mol. The van der Waals surface area contributed by atoms with Crippen molar-refractivity contribution in [3.05, 3.63) is 102 Å². The summed E-state index contributed by atoms with van der Waals surface area (Å²) >= 11 is 0. The van der Waals surface area contributed by atoms with Crippen molar-refractivity contribution in [3.8, 4) is 0 Å². The first kappa shape index (κ1) is 16.6. The molecule has 0 aliphatic rings. The van der Waals surface area contributed by atoms with Crippen molar-refractivity contribution in [1.29, 1.82) is 0 Å². The van der Waals surface area contributed by atoms with Gasteiger partial charge in [-0.25, -0.2) is 4.98 Å². The van der Waals surface area contributed by atoms with Crippen LogP contribution in [0, 0.1) is 6.92 Å². The van der Waals surface area contributed by atoms with E-state index < -0.39 is 0 Å². The van der Waals surface area contributed by atoms with Gasteiger partial charge in [0.1, 0.15) is 6.10 Å². The lowest BCUT2D eigenvalue weighted by Gasteiger charge is -2.21. The molecule has 1 atom stereocenters. The van der Waals surface area contributed by atoms with Crippen LogP contribution in [0.25, 0.3) is 10.8 Å². The first-order chi connectivity index (χ1) is 12.8. The average Bonchev–Trinajstić information content (AvgIpc) is 3.19. The molecule has 26 heavy (non-hydrogen) atoms. The lowest BCUT2D eigenvalue weighted by Crippen LogP contribution is -2.12. The smallest absolute Gasteiger partial charge is 0.101 e. The predicted molar refractivity (Wildman–Crippen MR) is 105 cm³/mol. The highest BCUT2D eigenvalue weighted by atomic mass is 16.5. The van der Waals surface area contributed by atoms with Crippen molar-refractivity contribution in [2.75, 3.05) is 0 Å². The number of ether oxygens (including phenoxy) is 1. The Morgan fingerprint density at radius 1 is 0.962 bits per heavy atom. The molecule has 3 heteroatoms. The van der Waals surface area contributed by atoms with Crippen LogP contribution in [-0.2, 0) is 17.9 Å². The largest absolute Gasteiger partial charge is 0.367 e. The molecule has 1 heterocycles. The minimum Gasteiger partial charge on any atom is -0.367 e. The van der Waals surface area contributed by atoms with Crippen LogP contribution < -0.4 is 0 Å². The van der Waals surface area contributed by atoms with Gasteiger partial charge < -0.3 is 9.30 Å². The summed E-state index contributed by atoms with van der Waals surface area (Å²) < 4.78 is 8.46. The number of nitrogens with zero attached hydrogens (tertiary/aromatic N) is 2. The highest BCUT2D eigenvalue weighted by molar-refractivity contribution is 5.85. The molecule has 0 radical (unpaired) electrons. The van der Waals surface area contributed by atoms with E-state index in [1.54, 1.807) is 6.20 Å². The third kappa shape index (κ3) is 3.68. The fraction of sp³-hybridized carbons (Fsp3) is 0.174. The van der Waals surface area contributed by atoms with Crippen LogP contribution in [0.5, 0.6) is 0 Å². The van der Waals surface area contributed by atoms with Crippen molar-refractivity contribution in [2.45, 2.75) is 26.2 Å².